The zero-order valence-corrected chi connectivity index (χ0v) is 8.04. The maximum atomic E-state index is 5.79. The van der Waals surface area contributed by atoms with E-state index in [0.29, 0.717) is 5.15 Å². The van der Waals surface area contributed by atoms with Crippen molar-refractivity contribution in [2.45, 2.75) is 0 Å². The van der Waals surface area contributed by atoms with Crippen molar-refractivity contribution < 1.29 is 0 Å². The average molecular weight is 193 g/mol. The van der Waals surface area contributed by atoms with E-state index in [0.717, 1.165) is 16.6 Å². The van der Waals surface area contributed by atoms with Crippen molar-refractivity contribution in [2.24, 2.45) is 7.05 Å². The lowest BCUT2D eigenvalue weighted by Crippen LogP contribution is -1.89. The van der Waals surface area contributed by atoms with Crippen molar-refractivity contribution in [1.29, 1.82) is 0 Å². The van der Waals surface area contributed by atoms with Crippen LogP contribution in [0.3, 0.4) is 0 Å². The van der Waals surface area contributed by atoms with E-state index in [1.807, 2.05) is 29.8 Å². The summed E-state index contributed by atoms with van der Waals surface area (Å²) in [6.07, 6.45) is 3.58. The van der Waals surface area contributed by atoms with Crippen LogP contribution in [0, 0.1) is 0 Å². The summed E-state index contributed by atoms with van der Waals surface area (Å²) in [6, 6.07) is 3.88. The third kappa shape index (κ3) is 1.23. The van der Waals surface area contributed by atoms with Gasteiger partial charge >= 0.3 is 0 Å². The highest BCUT2D eigenvalue weighted by Crippen LogP contribution is 2.20. The molecule has 3 heteroatoms. The number of hydrogen-bond donors (Lipinski definition) is 0. The topological polar surface area (TPSA) is 17.8 Å². The first-order valence-corrected chi connectivity index (χ1v) is 4.33. The maximum absolute atomic E-state index is 5.79. The van der Waals surface area contributed by atoms with Gasteiger partial charge in [0.25, 0.3) is 0 Å². The molecule has 0 atom stereocenters. The predicted octanol–water partition coefficient (Wildman–Crippen LogP) is 2.87. The van der Waals surface area contributed by atoms with Gasteiger partial charge in [-0.25, -0.2) is 4.98 Å². The van der Waals surface area contributed by atoms with Crippen LogP contribution in [0.2, 0.25) is 5.15 Å². The monoisotopic (exact) mass is 192 g/mol. The summed E-state index contributed by atoms with van der Waals surface area (Å²) in [5.41, 5.74) is 2.15. The van der Waals surface area contributed by atoms with Crippen molar-refractivity contribution in [3.63, 3.8) is 0 Å². The van der Waals surface area contributed by atoms with Gasteiger partial charge in [-0.2, -0.15) is 0 Å². The molecule has 0 spiro atoms. The van der Waals surface area contributed by atoms with Gasteiger partial charge in [0.15, 0.2) is 0 Å². The molecular formula is C10H9ClN2. The van der Waals surface area contributed by atoms with Gasteiger partial charge in [0.2, 0.25) is 0 Å². The average Bonchev–Trinajstić information content (AvgIpc) is 2.44. The highest BCUT2D eigenvalue weighted by molar-refractivity contribution is 6.30. The zero-order chi connectivity index (χ0) is 9.42. The standard InChI is InChI=1S/C10H9ClN2/c1-3-8-4-7-6-12-10(11)5-9(7)13(8)2/h3-6H,1H2,2H3. The SMILES string of the molecule is C=Cc1cc2cnc(Cl)cc2n1C. The molecule has 0 N–H and O–H groups in total. The fourth-order valence-corrected chi connectivity index (χ4v) is 1.58. The van der Waals surface area contributed by atoms with Crippen molar-refractivity contribution in [2.75, 3.05) is 0 Å². The fourth-order valence-electron chi connectivity index (χ4n) is 1.42. The molecule has 2 nitrogen and oxygen atoms in total. The lowest BCUT2D eigenvalue weighted by Gasteiger charge is -1.98. The third-order valence-electron chi connectivity index (χ3n) is 2.14. The quantitative estimate of drug-likeness (QED) is 0.636. The lowest BCUT2D eigenvalue weighted by atomic mass is 10.3. The Kier molecular flexibility index (Phi) is 1.85. The predicted molar refractivity (Wildman–Crippen MR) is 55.8 cm³/mol. The van der Waals surface area contributed by atoms with E-state index in [4.69, 9.17) is 11.6 Å². The van der Waals surface area contributed by atoms with Crippen LogP contribution in [-0.4, -0.2) is 9.55 Å². The summed E-state index contributed by atoms with van der Waals surface area (Å²) in [7, 11) is 1.98. The molecule has 0 radical (unpaired) electrons. The number of aryl methyl sites for hydroxylation is 1. The summed E-state index contributed by atoms with van der Waals surface area (Å²) in [5, 5.41) is 1.60. The molecule has 0 aromatic carbocycles. The highest BCUT2D eigenvalue weighted by Gasteiger charge is 2.03. The van der Waals surface area contributed by atoms with Crippen LogP contribution in [0.25, 0.3) is 17.0 Å². The second-order valence-corrected chi connectivity index (χ2v) is 3.29. The zero-order valence-electron chi connectivity index (χ0n) is 7.29. The van der Waals surface area contributed by atoms with Gasteiger partial charge in [-0.3, -0.25) is 0 Å². The van der Waals surface area contributed by atoms with Crippen LogP contribution in [0.4, 0.5) is 0 Å². The fraction of sp³-hybridized carbons (Fsp3) is 0.100. The number of nitrogens with zero attached hydrogens (tertiary/aromatic N) is 2. The molecule has 0 bridgehead atoms. The van der Waals surface area contributed by atoms with Gasteiger partial charge in [-0.05, 0) is 18.2 Å². The van der Waals surface area contributed by atoms with Gasteiger partial charge in [0.05, 0.1) is 5.52 Å². The minimum atomic E-state index is 0.518. The summed E-state index contributed by atoms with van der Waals surface area (Å²) in [5.74, 6) is 0. The Bertz CT molecular complexity index is 471. The van der Waals surface area contributed by atoms with Crippen molar-refractivity contribution in [3.8, 4) is 0 Å². The van der Waals surface area contributed by atoms with Crippen LogP contribution < -0.4 is 0 Å². The molecule has 66 valence electrons. The van der Waals surface area contributed by atoms with Crippen molar-refractivity contribution in [3.05, 3.63) is 35.8 Å². The first-order chi connectivity index (χ1) is 6.22. The van der Waals surface area contributed by atoms with E-state index >= 15 is 0 Å². The molecule has 2 rings (SSSR count). The molecule has 0 aliphatic rings. The Labute approximate surface area is 81.5 Å². The number of rotatable bonds is 1. The van der Waals surface area contributed by atoms with Crippen molar-refractivity contribution >= 4 is 28.6 Å². The number of aromatic nitrogens is 2. The normalized spacial score (nSPS) is 10.6. The molecule has 2 heterocycles. The van der Waals surface area contributed by atoms with Gasteiger partial charge in [0.1, 0.15) is 5.15 Å². The molecule has 0 unspecified atom stereocenters. The van der Waals surface area contributed by atoms with E-state index in [-0.39, 0.29) is 0 Å². The maximum Gasteiger partial charge on any atom is 0.131 e. The molecule has 2 aromatic heterocycles. The highest BCUT2D eigenvalue weighted by atomic mass is 35.5. The van der Waals surface area contributed by atoms with Gasteiger partial charge in [-0.1, -0.05) is 18.2 Å². The molecule has 0 fully saturated rings. The van der Waals surface area contributed by atoms with E-state index in [1.54, 1.807) is 6.20 Å². The lowest BCUT2D eigenvalue weighted by molar-refractivity contribution is 0.954. The Balaban J connectivity index is 2.84. The molecular weight excluding hydrogens is 184 g/mol. The summed E-state index contributed by atoms with van der Waals surface area (Å²) >= 11 is 5.79. The van der Waals surface area contributed by atoms with Crippen LogP contribution in [0.5, 0.6) is 0 Å². The Morgan fingerprint density at radius 1 is 1.54 bits per heavy atom. The smallest absolute Gasteiger partial charge is 0.131 e. The van der Waals surface area contributed by atoms with Gasteiger partial charge in [-0.15, -0.1) is 0 Å². The van der Waals surface area contributed by atoms with E-state index < -0.39 is 0 Å². The van der Waals surface area contributed by atoms with Crippen LogP contribution in [0.1, 0.15) is 5.69 Å². The van der Waals surface area contributed by atoms with Crippen LogP contribution in [-0.2, 0) is 7.05 Å². The number of fused-ring (bicyclic) bond motifs is 1. The number of hydrogen-bond acceptors (Lipinski definition) is 1. The number of halogens is 1. The van der Waals surface area contributed by atoms with Crippen LogP contribution >= 0.6 is 11.6 Å². The van der Waals surface area contributed by atoms with E-state index in [1.165, 1.54) is 0 Å². The molecule has 0 saturated heterocycles. The molecule has 2 aromatic rings. The summed E-state index contributed by atoms with van der Waals surface area (Å²) in [6.45, 7) is 3.74. The Morgan fingerprint density at radius 3 is 3.00 bits per heavy atom. The van der Waals surface area contributed by atoms with Gasteiger partial charge in [0, 0.05) is 24.3 Å². The van der Waals surface area contributed by atoms with E-state index in [9.17, 15) is 0 Å². The first-order valence-electron chi connectivity index (χ1n) is 3.96. The van der Waals surface area contributed by atoms with E-state index in [2.05, 4.69) is 11.6 Å². The minimum Gasteiger partial charge on any atom is -0.344 e. The van der Waals surface area contributed by atoms with Crippen LogP contribution in [0.15, 0.2) is 24.9 Å². The van der Waals surface area contributed by atoms with Gasteiger partial charge < -0.3 is 4.57 Å². The second-order valence-electron chi connectivity index (χ2n) is 2.90. The number of pyridine rings is 1. The second kappa shape index (κ2) is 2.89. The third-order valence-corrected chi connectivity index (χ3v) is 2.35. The molecule has 0 amide bonds. The van der Waals surface area contributed by atoms with Crippen molar-refractivity contribution in [1.82, 2.24) is 9.55 Å². The molecule has 0 aliphatic heterocycles. The summed E-state index contributed by atoms with van der Waals surface area (Å²) in [4.78, 5) is 4.01. The Morgan fingerprint density at radius 2 is 2.31 bits per heavy atom. The summed E-state index contributed by atoms with van der Waals surface area (Å²) < 4.78 is 2.04. The largest absolute Gasteiger partial charge is 0.344 e. The minimum absolute atomic E-state index is 0.518. The molecule has 13 heavy (non-hydrogen) atoms. The Hall–Kier alpha value is -1.28. The molecule has 0 aliphatic carbocycles. The first kappa shape index (κ1) is 8.32. The molecule has 0 saturated carbocycles.